The van der Waals surface area contributed by atoms with Crippen LogP contribution in [0.3, 0.4) is 0 Å². The van der Waals surface area contributed by atoms with Gasteiger partial charge in [0.2, 0.25) is 11.9 Å². The highest BCUT2D eigenvalue weighted by atomic mass is 16.5. The first-order valence-corrected chi connectivity index (χ1v) is 6.08. The molecule has 1 fully saturated rings. The van der Waals surface area contributed by atoms with Crippen molar-refractivity contribution in [1.29, 1.82) is 0 Å². The van der Waals surface area contributed by atoms with E-state index in [0.717, 1.165) is 25.7 Å². The summed E-state index contributed by atoms with van der Waals surface area (Å²) in [7, 11) is 3.24. The van der Waals surface area contributed by atoms with E-state index in [0.29, 0.717) is 11.9 Å². The minimum absolute atomic E-state index is 0.0793. The zero-order chi connectivity index (χ0) is 13.0. The third kappa shape index (κ3) is 2.61. The fourth-order valence-corrected chi connectivity index (χ4v) is 2.23. The van der Waals surface area contributed by atoms with Gasteiger partial charge in [0.05, 0.1) is 19.3 Å². The molecule has 0 aliphatic heterocycles. The molecule has 3 N–H and O–H groups in total. The number of hydrogen-bond donors (Lipinski definition) is 3. The van der Waals surface area contributed by atoms with Gasteiger partial charge < -0.3 is 20.5 Å². The largest absolute Gasteiger partial charge is 0.467 e. The number of methoxy groups -OCH3 is 1. The van der Waals surface area contributed by atoms with Gasteiger partial charge in [0, 0.05) is 7.05 Å². The van der Waals surface area contributed by atoms with Crippen molar-refractivity contribution in [2.45, 2.75) is 31.2 Å². The predicted molar refractivity (Wildman–Crippen MR) is 67.8 cm³/mol. The normalized spacial score (nSPS) is 17.5. The summed E-state index contributed by atoms with van der Waals surface area (Å²) >= 11 is 0. The van der Waals surface area contributed by atoms with Gasteiger partial charge >= 0.3 is 6.01 Å². The number of ether oxygens (including phenoxy) is 1. The molecule has 18 heavy (non-hydrogen) atoms. The Morgan fingerprint density at radius 2 is 1.89 bits per heavy atom. The van der Waals surface area contributed by atoms with Crippen molar-refractivity contribution in [1.82, 2.24) is 15.0 Å². The van der Waals surface area contributed by atoms with Crippen molar-refractivity contribution in [2.24, 2.45) is 0 Å². The zero-order valence-electron chi connectivity index (χ0n) is 10.7. The highest BCUT2D eigenvalue weighted by Crippen LogP contribution is 2.32. The van der Waals surface area contributed by atoms with Crippen LogP contribution < -0.4 is 15.4 Å². The van der Waals surface area contributed by atoms with Crippen molar-refractivity contribution < 1.29 is 9.84 Å². The van der Waals surface area contributed by atoms with Crippen LogP contribution in [0.5, 0.6) is 6.01 Å². The van der Waals surface area contributed by atoms with Gasteiger partial charge in [0.1, 0.15) is 0 Å². The van der Waals surface area contributed by atoms with E-state index < -0.39 is 0 Å². The van der Waals surface area contributed by atoms with Crippen molar-refractivity contribution in [2.75, 3.05) is 31.4 Å². The predicted octanol–water partition coefficient (Wildman–Crippen LogP) is 0.639. The van der Waals surface area contributed by atoms with Gasteiger partial charge in [-0.25, -0.2) is 0 Å². The van der Waals surface area contributed by atoms with Gasteiger partial charge in [-0.05, 0) is 12.8 Å². The molecule has 1 heterocycles. The number of hydrogen-bond acceptors (Lipinski definition) is 7. The molecule has 0 aromatic carbocycles. The topological polar surface area (TPSA) is 92.2 Å². The molecule has 2 rings (SSSR count). The smallest absolute Gasteiger partial charge is 0.322 e. The monoisotopic (exact) mass is 253 g/mol. The lowest BCUT2D eigenvalue weighted by Crippen LogP contribution is -2.39. The Kier molecular flexibility index (Phi) is 3.81. The standard InChI is InChI=1S/C11H19N5O2/c1-12-8-13-9(15-10(14-8)18-2)16-11(7-17)5-3-4-6-11/h17H,3-7H2,1-2H3,(H2,12,13,14,15,16). The number of anilines is 2. The average molecular weight is 253 g/mol. The molecule has 7 heteroatoms. The molecular formula is C11H19N5O2. The molecule has 1 aliphatic rings. The second kappa shape index (κ2) is 5.34. The number of aliphatic hydroxyl groups excluding tert-OH is 1. The highest BCUT2D eigenvalue weighted by Gasteiger charge is 2.34. The van der Waals surface area contributed by atoms with E-state index in [1.807, 2.05) is 0 Å². The highest BCUT2D eigenvalue weighted by molar-refractivity contribution is 5.38. The van der Waals surface area contributed by atoms with Gasteiger partial charge in [0.15, 0.2) is 0 Å². The third-order valence-corrected chi connectivity index (χ3v) is 3.26. The maximum absolute atomic E-state index is 9.55. The summed E-state index contributed by atoms with van der Waals surface area (Å²) in [5.41, 5.74) is -0.308. The number of aliphatic hydroxyl groups is 1. The lowest BCUT2D eigenvalue weighted by molar-refractivity contribution is 0.213. The van der Waals surface area contributed by atoms with Crippen molar-refractivity contribution in [3.05, 3.63) is 0 Å². The van der Waals surface area contributed by atoms with Crippen LogP contribution in [-0.4, -0.2) is 46.4 Å². The third-order valence-electron chi connectivity index (χ3n) is 3.26. The Labute approximate surface area is 106 Å². The summed E-state index contributed by atoms with van der Waals surface area (Å²) in [5.74, 6) is 0.873. The van der Waals surface area contributed by atoms with Crippen LogP contribution >= 0.6 is 0 Å². The summed E-state index contributed by atoms with van der Waals surface area (Å²) < 4.78 is 5.02. The Morgan fingerprint density at radius 1 is 1.22 bits per heavy atom. The van der Waals surface area contributed by atoms with Crippen molar-refractivity contribution in [3.63, 3.8) is 0 Å². The van der Waals surface area contributed by atoms with Crippen LogP contribution in [0.1, 0.15) is 25.7 Å². The van der Waals surface area contributed by atoms with Crippen LogP contribution in [0.15, 0.2) is 0 Å². The van der Waals surface area contributed by atoms with E-state index in [1.54, 1.807) is 7.05 Å². The maximum Gasteiger partial charge on any atom is 0.322 e. The Balaban J connectivity index is 2.21. The van der Waals surface area contributed by atoms with Crippen LogP contribution in [0.2, 0.25) is 0 Å². The van der Waals surface area contributed by atoms with Crippen LogP contribution in [0, 0.1) is 0 Å². The minimum atomic E-state index is -0.308. The molecule has 0 atom stereocenters. The number of nitrogens with zero attached hydrogens (tertiary/aromatic N) is 3. The lowest BCUT2D eigenvalue weighted by atomic mass is 9.99. The fourth-order valence-electron chi connectivity index (χ4n) is 2.23. The van der Waals surface area contributed by atoms with Crippen molar-refractivity contribution >= 4 is 11.9 Å². The molecule has 0 saturated heterocycles. The molecular weight excluding hydrogens is 234 g/mol. The molecule has 100 valence electrons. The molecule has 1 aromatic rings. The van der Waals surface area contributed by atoms with Gasteiger partial charge in [-0.3, -0.25) is 0 Å². The average Bonchev–Trinajstić information content (AvgIpc) is 2.87. The van der Waals surface area contributed by atoms with E-state index >= 15 is 0 Å². The SMILES string of the molecule is CNc1nc(NC2(CO)CCCC2)nc(OC)n1. The van der Waals surface area contributed by atoms with E-state index in [9.17, 15) is 5.11 Å². The fraction of sp³-hybridized carbons (Fsp3) is 0.727. The van der Waals surface area contributed by atoms with E-state index in [-0.39, 0.29) is 18.2 Å². The molecule has 1 aromatic heterocycles. The molecule has 0 bridgehead atoms. The van der Waals surface area contributed by atoms with Crippen LogP contribution in [-0.2, 0) is 0 Å². The van der Waals surface area contributed by atoms with Gasteiger partial charge in [-0.15, -0.1) is 0 Å². The molecule has 0 unspecified atom stereocenters. The quantitative estimate of drug-likeness (QED) is 0.709. The summed E-state index contributed by atoms with van der Waals surface area (Å²) in [6.45, 7) is 0.0793. The van der Waals surface area contributed by atoms with E-state index in [1.165, 1.54) is 7.11 Å². The Morgan fingerprint density at radius 3 is 2.44 bits per heavy atom. The number of aromatic nitrogens is 3. The number of nitrogens with one attached hydrogen (secondary N) is 2. The maximum atomic E-state index is 9.55. The summed E-state index contributed by atoms with van der Waals surface area (Å²) in [5, 5.41) is 15.6. The van der Waals surface area contributed by atoms with Gasteiger partial charge in [-0.1, -0.05) is 12.8 Å². The first-order chi connectivity index (χ1) is 8.71. The first kappa shape index (κ1) is 12.8. The van der Waals surface area contributed by atoms with Crippen LogP contribution in [0.25, 0.3) is 0 Å². The molecule has 1 aliphatic carbocycles. The summed E-state index contributed by atoms with van der Waals surface area (Å²) in [4.78, 5) is 12.4. The van der Waals surface area contributed by atoms with Crippen molar-refractivity contribution in [3.8, 4) is 6.01 Å². The molecule has 1 saturated carbocycles. The van der Waals surface area contributed by atoms with Crippen LogP contribution in [0.4, 0.5) is 11.9 Å². The second-order valence-electron chi connectivity index (χ2n) is 4.49. The molecule has 7 nitrogen and oxygen atoms in total. The number of rotatable bonds is 5. The molecule has 0 amide bonds. The van der Waals surface area contributed by atoms with Gasteiger partial charge in [0.25, 0.3) is 0 Å². The van der Waals surface area contributed by atoms with Gasteiger partial charge in [-0.2, -0.15) is 15.0 Å². The Hall–Kier alpha value is -1.63. The molecule has 0 radical (unpaired) electrons. The van der Waals surface area contributed by atoms with E-state index in [4.69, 9.17) is 4.74 Å². The molecule has 0 spiro atoms. The second-order valence-corrected chi connectivity index (χ2v) is 4.49. The summed E-state index contributed by atoms with van der Waals surface area (Å²) in [6.07, 6.45) is 4.06. The summed E-state index contributed by atoms with van der Waals surface area (Å²) in [6, 6.07) is 0.253. The zero-order valence-corrected chi connectivity index (χ0v) is 10.7. The lowest BCUT2D eigenvalue weighted by Gasteiger charge is -2.27. The Bertz CT molecular complexity index is 384. The van der Waals surface area contributed by atoms with E-state index in [2.05, 4.69) is 25.6 Å². The first-order valence-electron chi connectivity index (χ1n) is 6.08. The minimum Gasteiger partial charge on any atom is -0.467 e.